The highest BCUT2D eigenvalue weighted by Gasteiger charge is 2.25. The van der Waals surface area contributed by atoms with Crippen LogP contribution in [0.3, 0.4) is 0 Å². The Morgan fingerprint density at radius 3 is 2.81 bits per heavy atom. The molecule has 114 valence electrons. The Labute approximate surface area is 131 Å². The number of hydrogen-bond acceptors (Lipinski definition) is 5. The molecule has 0 amide bonds. The van der Waals surface area contributed by atoms with E-state index in [1.54, 1.807) is 0 Å². The van der Waals surface area contributed by atoms with E-state index in [0.717, 1.165) is 25.5 Å². The first kappa shape index (κ1) is 15.9. The number of aryl methyl sites for hydroxylation is 1. The molecule has 1 unspecified atom stereocenters. The molecule has 2 aromatic rings. The zero-order chi connectivity index (χ0) is 13.9. The number of hydrogen-bond donors (Lipinski definition) is 1. The van der Waals surface area contributed by atoms with E-state index in [-0.39, 0.29) is 18.4 Å². The first-order valence-electron chi connectivity index (χ1n) is 7.01. The van der Waals surface area contributed by atoms with Crippen LogP contribution >= 0.6 is 12.4 Å². The fourth-order valence-electron chi connectivity index (χ4n) is 2.45. The third-order valence-electron chi connectivity index (χ3n) is 3.77. The lowest BCUT2D eigenvalue weighted by atomic mass is 10.1. The maximum atomic E-state index is 5.38. The Balaban J connectivity index is 0.00000161. The first-order chi connectivity index (χ1) is 9.72. The molecule has 1 saturated heterocycles. The standard InChI is InChI=1S/C15H20N4O.ClH/c1-11-3-5-12(6-4-11)9-14-17-15(18-20-14)13-10-16-7-8-19(13)2;/h3-6,13,16H,7-10H2,1-2H3;1H. The minimum atomic E-state index is 0. The van der Waals surface area contributed by atoms with Crippen LogP contribution in [0.4, 0.5) is 0 Å². The van der Waals surface area contributed by atoms with Crippen molar-refractivity contribution < 1.29 is 4.52 Å². The average molecular weight is 309 g/mol. The predicted molar refractivity (Wildman–Crippen MR) is 83.8 cm³/mol. The van der Waals surface area contributed by atoms with E-state index in [1.807, 2.05) is 0 Å². The van der Waals surface area contributed by atoms with E-state index in [1.165, 1.54) is 11.1 Å². The fourth-order valence-corrected chi connectivity index (χ4v) is 2.45. The summed E-state index contributed by atoms with van der Waals surface area (Å²) >= 11 is 0. The number of aromatic nitrogens is 2. The van der Waals surface area contributed by atoms with Gasteiger partial charge in [0.1, 0.15) is 0 Å². The Bertz CT molecular complexity index is 569. The molecule has 0 aliphatic carbocycles. The van der Waals surface area contributed by atoms with Gasteiger partial charge in [0, 0.05) is 19.6 Å². The zero-order valence-electron chi connectivity index (χ0n) is 12.4. The number of piperazine rings is 1. The highest BCUT2D eigenvalue weighted by Crippen LogP contribution is 2.18. The lowest BCUT2D eigenvalue weighted by Gasteiger charge is -2.30. The Morgan fingerprint density at radius 1 is 1.33 bits per heavy atom. The molecule has 5 nitrogen and oxygen atoms in total. The SMILES string of the molecule is Cc1ccc(Cc2nc(C3CNCCN3C)no2)cc1.Cl. The molecule has 0 saturated carbocycles. The van der Waals surface area contributed by atoms with Crippen LogP contribution in [-0.2, 0) is 6.42 Å². The molecular weight excluding hydrogens is 288 g/mol. The van der Waals surface area contributed by atoms with Crippen molar-refractivity contribution in [1.82, 2.24) is 20.4 Å². The van der Waals surface area contributed by atoms with Gasteiger partial charge in [-0.2, -0.15) is 4.98 Å². The van der Waals surface area contributed by atoms with Crippen molar-refractivity contribution in [3.05, 3.63) is 47.1 Å². The van der Waals surface area contributed by atoms with Gasteiger partial charge < -0.3 is 9.84 Å². The van der Waals surface area contributed by atoms with Crippen LogP contribution < -0.4 is 5.32 Å². The summed E-state index contributed by atoms with van der Waals surface area (Å²) in [7, 11) is 2.10. The highest BCUT2D eigenvalue weighted by molar-refractivity contribution is 5.85. The highest BCUT2D eigenvalue weighted by atomic mass is 35.5. The molecule has 1 aliphatic rings. The molecule has 0 radical (unpaired) electrons. The summed E-state index contributed by atoms with van der Waals surface area (Å²) in [5, 5.41) is 7.50. The molecule has 1 fully saturated rings. The smallest absolute Gasteiger partial charge is 0.231 e. The third-order valence-corrected chi connectivity index (χ3v) is 3.77. The van der Waals surface area contributed by atoms with E-state index < -0.39 is 0 Å². The number of nitrogens with one attached hydrogen (secondary N) is 1. The largest absolute Gasteiger partial charge is 0.339 e. The molecule has 21 heavy (non-hydrogen) atoms. The van der Waals surface area contributed by atoms with Crippen LogP contribution in [-0.4, -0.2) is 41.7 Å². The molecule has 2 heterocycles. The Hall–Kier alpha value is -1.43. The topological polar surface area (TPSA) is 54.2 Å². The molecule has 6 heteroatoms. The van der Waals surface area contributed by atoms with Gasteiger partial charge in [-0.25, -0.2) is 0 Å². The molecule has 1 atom stereocenters. The molecule has 1 aromatic carbocycles. The van der Waals surface area contributed by atoms with Crippen LogP contribution in [0.25, 0.3) is 0 Å². The summed E-state index contributed by atoms with van der Waals surface area (Å²) in [5.41, 5.74) is 2.45. The lowest BCUT2D eigenvalue weighted by molar-refractivity contribution is 0.190. The second-order valence-corrected chi connectivity index (χ2v) is 5.41. The van der Waals surface area contributed by atoms with Gasteiger partial charge in [-0.15, -0.1) is 12.4 Å². The van der Waals surface area contributed by atoms with E-state index in [9.17, 15) is 0 Å². The molecule has 0 spiro atoms. The second kappa shape index (κ2) is 7.02. The summed E-state index contributed by atoms with van der Waals surface area (Å²) < 4.78 is 5.38. The van der Waals surface area contributed by atoms with Gasteiger partial charge in [0.15, 0.2) is 5.82 Å². The molecule has 1 aliphatic heterocycles. The number of nitrogens with zero attached hydrogens (tertiary/aromatic N) is 3. The molecule has 1 aromatic heterocycles. The van der Waals surface area contributed by atoms with Crippen molar-refractivity contribution in [2.24, 2.45) is 0 Å². The van der Waals surface area contributed by atoms with Crippen LogP contribution in [0.1, 0.15) is 28.9 Å². The van der Waals surface area contributed by atoms with Crippen molar-refractivity contribution in [3.63, 3.8) is 0 Å². The summed E-state index contributed by atoms with van der Waals surface area (Å²) in [5.74, 6) is 1.46. The maximum absolute atomic E-state index is 5.38. The summed E-state index contributed by atoms with van der Waals surface area (Å²) in [4.78, 5) is 6.80. The Kier molecular flexibility index (Phi) is 5.33. The second-order valence-electron chi connectivity index (χ2n) is 5.41. The van der Waals surface area contributed by atoms with Gasteiger partial charge in [-0.05, 0) is 19.5 Å². The minimum absolute atomic E-state index is 0. The van der Waals surface area contributed by atoms with E-state index in [4.69, 9.17) is 4.52 Å². The quantitative estimate of drug-likeness (QED) is 0.939. The van der Waals surface area contributed by atoms with Crippen molar-refractivity contribution in [1.29, 1.82) is 0 Å². The Morgan fingerprint density at radius 2 is 2.10 bits per heavy atom. The van der Waals surface area contributed by atoms with Gasteiger partial charge in [0.05, 0.1) is 12.5 Å². The summed E-state index contributed by atoms with van der Waals surface area (Å²) in [6.45, 7) is 4.98. The maximum Gasteiger partial charge on any atom is 0.231 e. The van der Waals surface area contributed by atoms with Crippen molar-refractivity contribution in [3.8, 4) is 0 Å². The monoisotopic (exact) mass is 308 g/mol. The third kappa shape index (κ3) is 3.81. The summed E-state index contributed by atoms with van der Waals surface area (Å²) in [6, 6.07) is 8.62. The number of halogens is 1. The van der Waals surface area contributed by atoms with E-state index in [2.05, 4.69) is 58.6 Å². The van der Waals surface area contributed by atoms with Gasteiger partial charge >= 0.3 is 0 Å². The van der Waals surface area contributed by atoms with Crippen LogP contribution in [0.15, 0.2) is 28.8 Å². The predicted octanol–water partition coefficient (Wildman–Crippen LogP) is 1.97. The van der Waals surface area contributed by atoms with Crippen molar-refractivity contribution in [2.45, 2.75) is 19.4 Å². The fraction of sp³-hybridized carbons (Fsp3) is 0.467. The molecule has 0 bridgehead atoms. The van der Waals surface area contributed by atoms with Crippen LogP contribution in [0.2, 0.25) is 0 Å². The minimum Gasteiger partial charge on any atom is -0.339 e. The van der Waals surface area contributed by atoms with Crippen molar-refractivity contribution >= 4 is 12.4 Å². The average Bonchev–Trinajstić information content (AvgIpc) is 2.90. The van der Waals surface area contributed by atoms with Crippen LogP contribution in [0, 0.1) is 6.92 Å². The van der Waals surface area contributed by atoms with Gasteiger partial charge in [-0.3, -0.25) is 4.90 Å². The van der Waals surface area contributed by atoms with E-state index in [0.29, 0.717) is 12.3 Å². The van der Waals surface area contributed by atoms with Gasteiger partial charge in [-0.1, -0.05) is 35.0 Å². The molecular formula is C15H21ClN4O. The number of likely N-dealkylation sites (N-methyl/N-ethyl adjacent to an activating group) is 1. The van der Waals surface area contributed by atoms with E-state index >= 15 is 0 Å². The first-order valence-corrected chi connectivity index (χ1v) is 7.01. The normalized spacial score (nSPS) is 19.2. The zero-order valence-corrected chi connectivity index (χ0v) is 13.2. The molecule has 3 rings (SSSR count). The van der Waals surface area contributed by atoms with Crippen LogP contribution in [0.5, 0.6) is 0 Å². The molecule has 1 N–H and O–H groups in total. The number of rotatable bonds is 3. The van der Waals surface area contributed by atoms with Gasteiger partial charge in [0.2, 0.25) is 5.89 Å². The van der Waals surface area contributed by atoms with Crippen molar-refractivity contribution in [2.75, 3.05) is 26.7 Å². The lowest BCUT2D eigenvalue weighted by Crippen LogP contribution is -2.44. The number of benzene rings is 1. The summed E-state index contributed by atoms with van der Waals surface area (Å²) in [6.07, 6.45) is 0.692. The van der Waals surface area contributed by atoms with Gasteiger partial charge in [0.25, 0.3) is 0 Å².